The van der Waals surface area contributed by atoms with E-state index in [1.807, 2.05) is 13.0 Å². The number of aromatic nitrogens is 6. The van der Waals surface area contributed by atoms with Crippen molar-refractivity contribution >= 4 is 17.4 Å². The molecule has 5 heterocycles. The summed E-state index contributed by atoms with van der Waals surface area (Å²) in [6, 6.07) is 14.8. The van der Waals surface area contributed by atoms with Gasteiger partial charge in [0.25, 0.3) is 5.91 Å². The predicted octanol–water partition coefficient (Wildman–Crippen LogP) is 4.11. The SMILES string of the molecule is Cc1cc(Nc2cc[nH]c(=O)c2)nc(-c2ccc(C(=O)NCc3ccc(-c4ccc(F)nc4C)nc3)nc2)n1. The van der Waals surface area contributed by atoms with Gasteiger partial charge in [-0.2, -0.15) is 4.39 Å². The molecule has 0 radical (unpaired) electrons. The lowest BCUT2D eigenvalue weighted by Gasteiger charge is -2.09. The maximum atomic E-state index is 13.3. The van der Waals surface area contributed by atoms with Gasteiger partial charge in [-0.25, -0.2) is 15.0 Å². The molecule has 0 spiro atoms. The van der Waals surface area contributed by atoms with Crippen molar-refractivity contribution in [2.75, 3.05) is 5.32 Å². The average molecular weight is 523 g/mol. The van der Waals surface area contributed by atoms with Gasteiger partial charge in [0.2, 0.25) is 11.5 Å². The lowest BCUT2D eigenvalue weighted by Crippen LogP contribution is -2.23. The number of amides is 1. The van der Waals surface area contributed by atoms with E-state index in [1.54, 1.807) is 55.7 Å². The van der Waals surface area contributed by atoms with E-state index in [-0.39, 0.29) is 23.7 Å². The van der Waals surface area contributed by atoms with Crippen LogP contribution in [0.3, 0.4) is 0 Å². The largest absolute Gasteiger partial charge is 0.347 e. The highest BCUT2D eigenvalue weighted by Crippen LogP contribution is 2.21. The summed E-state index contributed by atoms with van der Waals surface area (Å²) in [7, 11) is 0. The fourth-order valence-electron chi connectivity index (χ4n) is 3.85. The number of nitrogens with zero attached hydrogens (tertiary/aromatic N) is 5. The van der Waals surface area contributed by atoms with Crippen LogP contribution in [0.25, 0.3) is 22.6 Å². The third-order valence-corrected chi connectivity index (χ3v) is 5.76. The number of rotatable bonds is 7. The van der Waals surface area contributed by atoms with Crippen LogP contribution in [0, 0.1) is 19.8 Å². The van der Waals surface area contributed by atoms with E-state index in [0.29, 0.717) is 34.3 Å². The van der Waals surface area contributed by atoms with Gasteiger partial charge in [0.15, 0.2) is 5.82 Å². The molecule has 10 nitrogen and oxygen atoms in total. The molecule has 5 aromatic rings. The van der Waals surface area contributed by atoms with Crippen LogP contribution in [0.2, 0.25) is 0 Å². The average Bonchev–Trinajstić information content (AvgIpc) is 2.92. The molecule has 39 heavy (non-hydrogen) atoms. The summed E-state index contributed by atoms with van der Waals surface area (Å²) in [6.07, 6.45) is 4.74. The zero-order chi connectivity index (χ0) is 27.4. The van der Waals surface area contributed by atoms with E-state index in [1.165, 1.54) is 18.3 Å². The molecule has 0 unspecified atom stereocenters. The third-order valence-electron chi connectivity index (χ3n) is 5.76. The fourth-order valence-corrected chi connectivity index (χ4v) is 3.85. The van der Waals surface area contributed by atoms with Crippen molar-refractivity contribution in [1.29, 1.82) is 0 Å². The number of aryl methyl sites for hydroxylation is 2. The van der Waals surface area contributed by atoms with E-state index in [4.69, 9.17) is 0 Å². The summed E-state index contributed by atoms with van der Waals surface area (Å²) in [4.78, 5) is 48.3. The fraction of sp³-hybridized carbons (Fsp3) is 0.107. The smallest absolute Gasteiger partial charge is 0.270 e. The van der Waals surface area contributed by atoms with Crippen molar-refractivity contribution in [3.05, 3.63) is 112 Å². The number of pyridine rings is 4. The lowest BCUT2D eigenvalue weighted by molar-refractivity contribution is 0.0946. The van der Waals surface area contributed by atoms with E-state index in [2.05, 4.69) is 40.5 Å². The van der Waals surface area contributed by atoms with Crippen LogP contribution in [0.4, 0.5) is 15.9 Å². The molecular weight excluding hydrogens is 499 g/mol. The number of carbonyl (C=O) groups is 1. The van der Waals surface area contributed by atoms with Gasteiger partial charge < -0.3 is 15.6 Å². The number of hydrogen-bond donors (Lipinski definition) is 3. The van der Waals surface area contributed by atoms with Gasteiger partial charge in [0, 0.05) is 65.5 Å². The molecule has 0 saturated carbocycles. The Hall–Kier alpha value is -5.32. The van der Waals surface area contributed by atoms with E-state index in [9.17, 15) is 14.0 Å². The van der Waals surface area contributed by atoms with Crippen LogP contribution in [-0.4, -0.2) is 35.8 Å². The Morgan fingerprint density at radius 3 is 2.54 bits per heavy atom. The molecule has 0 aromatic carbocycles. The number of anilines is 2. The molecule has 0 fully saturated rings. The Kier molecular flexibility index (Phi) is 7.13. The third kappa shape index (κ3) is 6.16. The minimum Gasteiger partial charge on any atom is -0.347 e. The standard InChI is InChI=1S/C28H23FN8O2/c1-16-11-25(36-20-9-10-30-26(38)12-20)37-27(34-16)19-4-7-23(32-15-19)28(39)33-14-18-3-6-22(31-13-18)21-5-8-24(29)35-17(21)2/h3-13,15H,14H2,1-2H3,(H,33,39)(H2,30,34,36,37,38). The monoisotopic (exact) mass is 522 g/mol. The maximum absolute atomic E-state index is 13.3. The molecule has 0 aliphatic heterocycles. The Morgan fingerprint density at radius 1 is 0.949 bits per heavy atom. The summed E-state index contributed by atoms with van der Waals surface area (Å²) >= 11 is 0. The van der Waals surface area contributed by atoms with Crippen LogP contribution in [0.15, 0.2) is 78.0 Å². The van der Waals surface area contributed by atoms with Gasteiger partial charge in [-0.05, 0) is 55.8 Å². The first-order valence-corrected chi connectivity index (χ1v) is 12.0. The Bertz CT molecular complexity index is 1700. The van der Waals surface area contributed by atoms with Crippen molar-refractivity contribution in [2.45, 2.75) is 20.4 Å². The predicted molar refractivity (Wildman–Crippen MR) is 144 cm³/mol. The van der Waals surface area contributed by atoms with Gasteiger partial charge in [-0.3, -0.25) is 19.6 Å². The Balaban J connectivity index is 1.23. The van der Waals surface area contributed by atoms with Gasteiger partial charge in [0.05, 0.1) is 5.69 Å². The number of nitrogens with one attached hydrogen (secondary N) is 3. The topological polar surface area (TPSA) is 138 Å². The zero-order valence-electron chi connectivity index (χ0n) is 21.1. The van der Waals surface area contributed by atoms with Gasteiger partial charge >= 0.3 is 0 Å². The van der Waals surface area contributed by atoms with Gasteiger partial charge in [-0.1, -0.05) is 6.07 Å². The molecule has 0 aliphatic carbocycles. The summed E-state index contributed by atoms with van der Waals surface area (Å²) in [5.41, 5.74) is 4.73. The van der Waals surface area contributed by atoms with Crippen LogP contribution in [0.1, 0.15) is 27.4 Å². The first-order valence-electron chi connectivity index (χ1n) is 12.0. The number of halogens is 1. The second-order valence-electron chi connectivity index (χ2n) is 8.72. The first kappa shape index (κ1) is 25.3. The van der Waals surface area contributed by atoms with Crippen molar-refractivity contribution in [3.8, 4) is 22.6 Å². The molecule has 5 rings (SSSR count). The van der Waals surface area contributed by atoms with E-state index in [0.717, 1.165) is 16.8 Å². The minimum atomic E-state index is -0.535. The number of carbonyl (C=O) groups excluding carboxylic acids is 1. The highest BCUT2D eigenvalue weighted by atomic mass is 19.1. The number of hydrogen-bond acceptors (Lipinski definition) is 8. The molecule has 0 atom stereocenters. The van der Waals surface area contributed by atoms with Crippen LogP contribution < -0.4 is 16.2 Å². The van der Waals surface area contributed by atoms with Crippen LogP contribution in [0.5, 0.6) is 0 Å². The molecule has 194 valence electrons. The zero-order valence-corrected chi connectivity index (χ0v) is 21.1. The highest BCUT2D eigenvalue weighted by molar-refractivity contribution is 5.92. The van der Waals surface area contributed by atoms with Crippen molar-refractivity contribution in [2.24, 2.45) is 0 Å². The number of aromatic amines is 1. The summed E-state index contributed by atoms with van der Waals surface area (Å²) < 4.78 is 13.3. The van der Waals surface area contributed by atoms with Crippen LogP contribution in [-0.2, 0) is 6.54 Å². The Labute approximate surface area is 222 Å². The molecule has 1 amide bonds. The van der Waals surface area contributed by atoms with Gasteiger partial charge in [0.1, 0.15) is 11.5 Å². The molecular formula is C28H23FN8O2. The van der Waals surface area contributed by atoms with Crippen molar-refractivity contribution in [1.82, 2.24) is 35.2 Å². The van der Waals surface area contributed by atoms with Crippen LogP contribution >= 0.6 is 0 Å². The summed E-state index contributed by atoms with van der Waals surface area (Å²) in [5.74, 6) is 0.0771. The molecule has 0 aliphatic rings. The van der Waals surface area contributed by atoms with Crippen molar-refractivity contribution < 1.29 is 9.18 Å². The summed E-state index contributed by atoms with van der Waals surface area (Å²) in [6.45, 7) is 3.82. The normalized spacial score (nSPS) is 10.7. The molecule has 5 aromatic heterocycles. The van der Waals surface area contributed by atoms with Gasteiger partial charge in [-0.15, -0.1) is 0 Å². The minimum absolute atomic E-state index is 0.227. The highest BCUT2D eigenvalue weighted by Gasteiger charge is 2.11. The van der Waals surface area contributed by atoms with E-state index < -0.39 is 5.95 Å². The van der Waals surface area contributed by atoms with Crippen molar-refractivity contribution in [3.63, 3.8) is 0 Å². The molecule has 3 N–H and O–H groups in total. The quantitative estimate of drug-likeness (QED) is 0.272. The molecule has 0 saturated heterocycles. The Morgan fingerprint density at radius 2 is 1.82 bits per heavy atom. The second-order valence-corrected chi connectivity index (χ2v) is 8.72. The lowest BCUT2D eigenvalue weighted by atomic mass is 10.1. The molecule has 11 heteroatoms. The van der Waals surface area contributed by atoms with E-state index >= 15 is 0 Å². The first-order chi connectivity index (χ1) is 18.8. The summed E-state index contributed by atoms with van der Waals surface area (Å²) in [5, 5.41) is 5.93. The second kappa shape index (κ2) is 11.0. The molecule has 0 bridgehead atoms. The number of H-pyrrole nitrogens is 1. The maximum Gasteiger partial charge on any atom is 0.270 e.